The van der Waals surface area contributed by atoms with Gasteiger partial charge in [0.15, 0.2) is 0 Å². The van der Waals surface area contributed by atoms with E-state index in [9.17, 15) is 0 Å². The molecule has 0 aromatic heterocycles. The average molecular weight is 158 g/mol. The van der Waals surface area contributed by atoms with Crippen LogP contribution in [0, 0.1) is 11.8 Å². The Kier molecular flexibility index (Phi) is 8.26. The normalized spacial score (nSPS) is 18.8. The van der Waals surface area contributed by atoms with Crippen molar-refractivity contribution in [2.24, 2.45) is 11.8 Å². The third kappa shape index (κ3) is 4.44. The van der Waals surface area contributed by atoms with Crippen molar-refractivity contribution in [1.82, 2.24) is 0 Å². The average Bonchev–Trinajstić information content (AvgIpc) is 1.90. The van der Waals surface area contributed by atoms with Crippen LogP contribution in [0.4, 0.5) is 0 Å². The maximum atomic E-state index is 2.36. The van der Waals surface area contributed by atoms with Crippen LogP contribution in [0.3, 0.4) is 0 Å². The Balaban J connectivity index is 0. The fourth-order valence-electron chi connectivity index (χ4n) is 1.80. The van der Waals surface area contributed by atoms with E-state index in [1.54, 1.807) is 0 Å². The molecule has 0 bridgehead atoms. The quantitative estimate of drug-likeness (QED) is 0.527. The Morgan fingerprint density at radius 3 is 1.64 bits per heavy atom. The lowest BCUT2D eigenvalue weighted by atomic mass is 9.82. The molecule has 0 aliphatic heterocycles. The van der Waals surface area contributed by atoms with E-state index in [2.05, 4.69) is 13.8 Å². The minimum absolute atomic E-state index is 0. The van der Waals surface area contributed by atoms with Crippen molar-refractivity contribution in [2.75, 3.05) is 0 Å². The van der Waals surface area contributed by atoms with Gasteiger partial charge < -0.3 is 0 Å². The van der Waals surface area contributed by atoms with Gasteiger partial charge in [-0.15, -0.1) is 0 Å². The molecule has 1 aliphatic carbocycles. The second kappa shape index (κ2) is 6.69. The summed E-state index contributed by atoms with van der Waals surface area (Å²) >= 11 is 0. The van der Waals surface area contributed by atoms with Crippen molar-refractivity contribution in [3.8, 4) is 0 Å². The molecule has 70 valence electrons. The van der Waals surface area contributed by atoms with Crippen LogP contribution in [-0.4, -0.2) is 0 Å². The standard InChI is InChI=1S/C9H18.2CH4/c1-8(2)9-6-4-3-5-7-9;;/h8-9H,3-7H2,1-2H3;2*1H4. The van der Waals surface area contributed by atoms with Crippen LogP contribution in [0.1, 0.15) is 60.8 Å². The molecule has 1 rings (SSSR count). The minimum Gasteiger partial charge on any atom is -0.0776 e. The van der Waals surface area contributed by atoms with Crippen molar-refractivity contribution in [3.05, 3.63) is 0 Å². The Labute approximate surface area is 73.4 Å². The van der Waals surface area contributed by atoms with Crippen LogP contribution >= 0.6 is 0 Å². The van der Waals surface area contributed by atoms with E-state index in [0.29, 0.717) is 0 Å². The summed E-state index contributed by atoms with van der Waals surface area (Å²) in [5.74, 6) is 1.99. The molecule has 1 aliphatic rings. The van der Waals surface area contributed by atoms with Crippen molar-refractivity contribution < 1.29 is 0 Å². The van der Waals surface area contributed by atoms with Gasteiger partial charge in [-0.25, -0.2) is 0 Å². The molecule has 0 atom stereocenters. The Morgan fingerprint density at radius 1 is 0.909 bits per heavy atom. The predicted molar refractivity (Wildman–Crippen MR) is 54.9 cm³/mol. The molecule has 0 nitrogen and oxygen atoms in total. The van der Waals surface area contributed by atoms with Gasteiger partial charge in [-0.2, -0.15) is 0 Å². The largest absolute Gasteiger partial charge is 0.0776 e. The maximum absolute atomic E-state index is 2.36. The molecular weight excluding hydrogens is 132 g/mol. The lowest BCUT2D eigenvalue weighted by Crippen LogP contribution is -2.12. The smallest absolute Gasteiger partial charge is 0.0391 e. The van der Waals surface area contributed by atoms with Crippen LogP contribution < -0.4 is 0 Å². The molecule has 0 radical (unpaired) electrons. The Hall–Kier alpha value is 0. The summed E-state index contributed by atoms with van der Waals surface area (Å²) in [6.07, 6.45) is 7.46. The van der Waals surface area contributed by atoms with E-state index < -0.39 is 0 Å². The summed E-state index contributed by atoms with van der Waals surface area (Å²) in [6.45, 7) is 4.71. The zero-order valence-corrected chi connectivity index (χ0v) is 6.69. The predicted octanol–water partition coefficient (Wildman–Crippen LogP) is 4.49. The summed E-state index contributed by atoms with van der Waals surface area (Å²) in [5.41, 5.74) is 0. The Bertz CT molecular complexity index is 68.1. The highest BCUT2D eigenvalue weighted by molar-refractivity contribution is 4.67. The van der Waals surface area contributed by atoms with Crippen molar-refractivity contribution >= 4 is 0 Å². The Morgan fingerprint density at radius 2 is 1.36 bits per heavy atom. The number of hydrogen-bond donors (Lipinski definition) is 0. The third-order valence-electron chi connectivity index (χ3n) is 2.59. The second-order valence-corrected chi connectivity index (χ2v) is 3.64. The van der Waals surface area contributed by atoms with Gasteiger partial charge in [0.25, 0.3) is 0 Å². The molecule has 0 amide bonds. The van der Waals surface area contributed by atoms with Crippen LogP contribution in [0.5, 0.6) is 0 Å². The van der Waals surface area contributed by atoms with Crippen molar-refractivity contribution in [1.29, 1.82) is 0 Å². The molecule has 1 fully saturated rings. The molecule has 11 heavy (non-hydrogen) atoms. The molecule has 0 saturated heterocycles. The van der Waals surface area contributed by atoms with Gasteiger partial charge in [0.2, 0.25) is 0 Å². The first kappa shape index (κ1) is 13.6. The first-order valence-corrected chi connectivity index (χ1v) is 4.30. The van der Waals surface area contributed by atoms with Crippen LogP contribution in [-0.2, 0) is 0 Å². The summed E-state index contributed by atoms with van der Waals surface area (Å²) in [7, 11) is 0. The van der Waals surface area contributed by atoms with E-state index in [4.69, 9.17) is 0 Å². The fraction of sp³-hybridized carbons (Fsp3) is 1.00. The number of rotatable bonds is 1. The topological polar surface area (TPSA) is 0 Å². The van der Waals surface area contributed by atoms with Gasteiger partial charge in [-0.3, -0.25) is 0 Å². The van der Waals surface area contributed by atoms with Gasteiger partial charge >= 0.3 is 0 Å². The van der Waals surface area contributed by atoms with Crippen LogP contribution in [0.25, 0.3) is 0 Å². The van der Waals surface area contributed by atoms with E-state index in [0.717, 1.165) is 11.8 Å². The SMILES string of the molecule is C.C.CC(C)C1CCCCC1. The highest BCUT2D eigenvalue weighted by atomic mass is 14.2. The first-order valence-electron chi connectivity index (χ1n) is 4.30. The monoisotopic (exact) mass is 158 g/mol. The fourth-order valence-corrected chi connectivity index (χ4v) is 1.80. The zero-order valence-electron chi connectivity index (χ0n) is 6.69. The molecule has 0 heteroatoms. The van der Waals surface area contributed by atoms with Crippen LogP contribution in [0.2, 0.25) is 0 Å². The summed E-state index contributed by atoms with van der Waals surface area (Å²) in [6, 6.07) is 0. The van der Waals surface area contributed by atoms with Crippen molar-refractivity contribution in [3.63, 3.8) is 0 Å². The van der Waals surface area contributed by atoms with Gasteiger partial charge in [-0.1, -0.05) is 60.8 Å². The van der Waals surface area contributed by atoms with E-state index in [1.807, 2.05) is 0 Å². The molecular formula is C11H26. The highest BCUT2D eigenvalue weighted by Gasteiger charge is 2.15. The summed E-state index contributed by atoms with van der Waals surface area (Å²) in [5, 5.41) is 0. The van der Waals surface area contributed by atoms with E-state index >= 15 is 0 Å². The zero-order chi connectivity index (χ0) is 6.69. The summed E-state index contributed by atoms with van der Waals surface area (Å²) in [4.78, 5) is 0. The minimum atomic E-state index is 0. The molecule has 0 N–H and O–H groups in total. The molecule has 0 aromatic carbocycles. The highest BCUT2D eigenvalue weighted by Crippen LogP contribution is 2.29. The van der Waals surface area contributed by atoms with E-state index in [1.165, 1.54) is 32.1 Å². The van der Waals surface area contributed by atoms with E-state index in [-0.39, 0.29) is 14.9 Å². The van der Waals surface area contributed by atoms with Gasteiger partial charge in [0.05, 0.1) is 0 Å². The summed E-state index contributed by atoms with van der Waals surface area (Å²) < 4.78 is 0. The van der Waals surface area contributed by atoms with Crippen LogP contribution in [0.15, 0.2) is 0 Å². The number of hydrogen-bond acceptors (Lipinski definition) is 0. The second-order valence-electron chi connectivity index (χ2n) is 3.64. The van der Waals surface area contributed by atoms with Gasteiger partial charge in [-0.05, 0) is 11.8 Å². The maximum Gasteiger partial charge on any atom is -0.0391 e. The molecule has 0 aromatic rings. The molecule has 1 saturated carbocycles. The lowest BCUT2D eigenvalue weighted by molar-refractivity contribution is 0.279. The molecule has 0 unspecified atom stereocenters. The van der Waals surface area contributed by atoms with Gasteiger partial charge in [0, 0.05) is 0 Å². The van der Waals surface area contributed by atoms with Crippen molar-refractivity contribution in [2.45, 2.75) is 60.8 Å². The first-order chi connectivity index (χ1) is 4.30. The third-order valence-corrected chi connectivity index (χ3v) is 2.59. The van der Waals surface area contributed by atoms with Gasteiger partial charge in [0.1, 0.15) is 0 Å². The molecule has 0 spiro atoms. The lowest BCUT2D eigenvalue weighted by Gasteiger charge is -2.24. The molecule has 0 heterocycles.